The number of rotatable bonds is 6. The molecule has 1 saturated heterocycles. The number of nitrogens with one attached hydrogen (secondary N) is 1. The van der Waals surface area contributed by atoms with Gasteiger partial charge in [0.15, 0.2) is 11.6 Å². The van der Waals surface area contributed by atoms with Gasteiger partial charge in [-0.2, -0.15) is 5.10 Å². The van der Waals surface area contributed by atoms with Crippen molar-refractivity contribution in [1.29, 1.82) is 0 Å². The summed E-state index contributed by atoms with van der Waals surface area (Å²) in [6.07, 6.45) is 6.81. The van der Waals surface area contributed by atoms with E-state index in [-0.39, 0.29) is 23.5 Å². The number of Topliss-reactive ketones (excluding diaryl/α,β-unsaturated/α-hetero) is 1. The van der Waals surface area contributed by atoms with Crippen LogP contribution in [0.25, 0.3) is 11.5 Å². The van der Waals surface area contributed by atoms with Crippen LogP contribution in [0.5, 0.6) is 0 Å². The van der Waals surface area contributed by atoms with E-state index in [1.54, 1.807) is 40.0 Å². The molecule has 1 atom stereocenters. The summed E-state index contributed by atoms with van der Waals surface area (Å²) < 4.78 is 3.64. The topological polar surface area (TPSA) is 89.2 Å². The molecule has 0 bridgehead atoms. The number of aromatic nitrogens is 3. The first-order valence-corrected chi connectivity index (χ1v) is 12.0. The quantitative estimate of drug-likeness (QED) is 0.415. The van der Waals surface area contributed by atoms with Gasteiger partial charge in [-0.25, -0.2) is 4.68 Å². The van der Waals surface area contributed by atoms with E-state index in [0.717, 1.165) is 12.1 Å². The van der Waals surface area contributed by atoms with E-state index in [1.807, 2.05) is 59.4 Å². The van der Waals surface area contributed by atoms with Crippen molar-refractivity contribution in [1.82, 2.24) is 19.2 Å². The fourth-order valence-electron chi connectivity index (χ4n) is 4.55. The molecule has 1 N–H and O–H groups in total. The molecule has 1 aliphatic heterocycles. The second-order valence-electron chi connectivity index (χ2n) is 8.93. The summed E-state index contributed by atoms with van der Waals surface area (Å²) in [5.74, 6) is 0.0322. The number of hydrogen-bond acceptors (Lipinski definition) is 4. The zero-order valence-electron chi connectivity index (χ0n) is 20.0. The van der Waals surface area contributed by atoms with E-state index in [9.17, 15) is 14.4 Å². The monoisotopic (exact) mass is 481 g/mol. The molecule has 36 heavy (non-hydrogen) atoms. The first-order chi connectivity index (χ1) is 17.5. The van der Waals surface area contributed by atoms with Crippen molar-refractivity contribution in [2.24, 2.45) is 5.92 Å². The third kappa shape index (κ3) is 4.70. The summed E-state index contributed by atoms with van der Waals surface area (Å²) in [5.41, 5.74) is 2.56. The summed E-state index contributed by atoms with van der Waals surface area (Å²) in [6, 6.07) is 20.3. The van der Waals surface area contributed by atoms with Crippen LogP contribution in [-0.4, -0.2) is 49.9 Å². The molecule has 0 spiro atoms. The molecule has 182 valence electrons. The standard InChI is InChI=1S/C28H27N5O3/c1-20(34)21-11-13-23(14-12-21)30-26(35)22-8-7-17-32(19-22)28(36)25-18-29-33(24-9-3-2-4-10-24)27(25)31-15-5-6-16-31/h2-6,9-16,18,22H,7-8,17,19H2,1H3,(H,30,35). The van der Waals surface area contributed by atoms with Gasteiger partial charge in [-0.3, -0.25) is 14.4 Å². The van der Waals surface area contributed by atoms with Crippen molar-refractivity contribution in [3.63, 3.8) is 0 Å². The third-order valence-corrected chi connectivity index (χ3v) is 6.46. The van der Waals surface area contributed by atoms with Crippen molar-refractivity contribution < 1.29 is 14.4 Å². The van der Waals surface area contributed by atoms with Gasteiger partial charge < -0.3 is 14.8 Å². The van der Waals surface area contributed by atoms with Gasteiger partial charge in [0, 0.05) is 36.7 Å². The zero-order valence-corrected chi connectivity index (χ0v) is 20.0. The number of nitrogens with zero attached hydrogens (tertiary/aromatic N) is 4. The Balaban J connectivity index is 1.35. The molecule has 0 radical (unpaired) electrons. The van der Waals surface area contributed by atoms with Crippen LogP contribution in [0.1, 0.15) is 40.5 Å². The number of para-hydroxylation sites is 1. The first-order valence-electron chi connectivity index (χ1n) is 12.0. The minimum absolute atomic E-state index is 0.0239. The van der Waals surface area contributed by atoms with Crippen LogP contribution in [0.4, 0.5) is 5.69 Å². The zero-order chi connectivity index (χ0) is 25.1. The van der Waals surface area contributed by atoms with Gasteiger partial charge in [0.25, 0.3) is 5.91 Å². The number of carbonyl (C=O) groups is 3. The minimum Gasteiger partial charge on any atom is -0.338 e. The number of ketones is 1. The smallest absolute Gasteiger partial charge is 0.259 e. The van der Waals surface area contributed by atoms with Crippen molar-refractivity contribution in [3.8, 4) is 11.5 Å². The van der Waals surface area contributed by atoms with Gasteiger partial charge >= 0.3 is 0 Å². The van der Waals surface area contributed by atoms with Crippen LogP contribution in [0, 0.1) is 5.92 Å². The highest BCUT2D eigenvalue weighted by atomic mass is 16.2. The number of hydrogen-bond donors (Lipinski definition) is 1. The molecule has 1 aliphatic rings. The van der Waals surface area contributed by atoms with E-state index >= 15 is 0 Å². The van der Waals surface area contributed by atoms with Gasteiger partial charge in [-0.15, -0.1) is 0 Å². The number of benzene rings is 2. The SMILES string of the molecule is CC(=O)c1ccc(NC(=O)C2CCCN(C(=O)c3cnn(-c4ccccc4)c3-n3cccc3)C2)cc1. The molecule has 1 unspecified atom stereocenters. The van der Waals surface area contributed by atoms with Crippen molar-refractivity contribution in [3.05, 3.63) is 96.4 Å². The highest BCUT2D eigenvalue weighted by Gasteiger charge is 2.31. The minimum atomic E-state index is -0.325. The van der Waals surface area contributed by atoms with E-state index < -0.39 is 0 Å². The summed E-state index contributed by atoms with van der Waals surface area (Å²) in [5, 5.41) is 7.46. The Morgan fingerprint density at radius 3 is 2.36 bits per heavy atom. The summed E-state index contributed by atoms with van der Waals surface area (Å²) in [7, 11) is 0. The van der Waals surface area contributed by atoms with Crippen molar-refractivity contribution >= 4 is 23.3 Å². The van der Waals surface area contributed by atoms with Crippen LogP contribution in [0.2, 0.25) is 0 Å². The summed E-state index contributed by atoms with van der Waals surface area (Å²) in [6.45, 7) is 2.42. The van der Waals surface area contributed by atoms with Gasteiger partial charge in [-0.1, -0.05) is 18.2 Å². The maximum Gasteiger partial charge on any atom is 0.259 e. The third-order valence-electron chi connectivity index (χ3n) is 6.46. The maximum absolute atomic E-state index is 13.7. The Hall–Kier alpha value is -4.46. The lowest BCUT2D eigenvalue weighted by Crippen LogP contribution is -2.44. The van der Waals surface area contributed by atoms with Crippen molar-refractivity contribution in [2.45, 2.75) is 19.8 Å². The molecule has 0 saturated carbocycles. The lowest BCUT2D eigenvalue weighted by atomic mass is 9.96. The second-order valence-corrected chi connectivity index (χ2v) is 8.93. The molecule has 0 aliphatic carbocycles. The fourth-order valence-corrected chi connectivity index (χ4v) is 4.55. The van der Waals surface area contributed by atoms with Crippen LogP contribution < -0.4 is 5.32 Å². The lowest BCUT2D eigenvalue weighted by molar-refractivity contribution is -0.121. The van der Waals surface area contributed by atoms with Crippen LogP contribution in [0.3, 0.4) is 0 Å². The Labute approximate surface area is 209 Å². The van der Waals surface area contributed by atoms with Gasteiger partial charge in [0.1, 0.15) is 5.56 Å². The van der Waals surface area contributed by atoms with Gasteiger partial charge in [0.2, 0.25) is 5.91 Å². The molecule has 5 rings (SSSR count). The predicted molar refractivity (Wildman–Crippen MR) is 137 cm³/mol. The van der Waals surface area contributed by atoms with Gasteiger partial charge in [-0.05, 0) is 68.3 Å². The van der Waals surface area contributed by atoms with E-state index in [2.05, 4.69) is 10.4 Å². The molecule has 2 aromatic heterocycles. The Bertz CT molecular complexity index is 1370. The molecule has 4 aromatic rings. The van der Waals surface area contributed by atoms with E-state index in [4.69, 9.17) is 0 Å². The average Bonchev–Trinajstić information content (AvgIpc) is 3.59. The molecule has 3 heterocycles. The molecule has 8 nitrogen and oxygen atoms in total. The summed E-state index contributed by atoms with van der Waals surface area (Å²) >= 11 is 0. The average molecular weight is 482 g/mol. The highest BCUT2D eigenvalue weighted by molar-refractivity contribution is 5.99. The molecule has 8 heteroatoms. The Morgan fingerprint density at radius 2 is 1.67 bits per heavy atom. The molecular weight excluding hydrogens is 454 g/mol. The Kier molecular flexibility index (Phi) is 6.49. The van der Waals surface area contributed by atoms with Crippen LogP contribution in [-0.2, 0) is 4.79 Å². The Morgan fingerprint density at radius 1 is 0.944 bits per heavy atom. The number of amides is 2. The van der Waals surface area contributed by atoms with Gasteiger partial charge in [0.05, 0.1) is 17.8 Å². The highest BCUT2D eigenvalue weighted by Crippen LogP contribution is 2.25. The number of carbonyl (C=O) groups excluding carboxylic acids is 3. The fraction of sp³-hybridized carbons (Fsp3) is 0.214. The van der Waals surface area contributed by atoms with Crippen molar-refractivity contribution in [2.75, 3.05) is 18.4 Å². The van der Waals surface area contributed by atoms with E-state index in [1.165, 1.54) is 6.92 Å². The molecular formula is C28H27N5O3. The molecule has 2 amide bonds. The predicted octanol–water partition coefficient (Wildman–Crippen LogP) is 4.36. The maximum atomic E-state index is 13.7. The first kappa shape index (κ1) is 23.3. The largest absolute Gasteiger partial charge is 0.338 e. The molecule has 2 aromatic carbocycles. The lowest BCUT2D eigenvalue weighted by Gasteiger charge is -2.32. The van der Waals surface area contributed by atoms with Crippen LogP contribution in [0.15, 0.2) is 85.3 Å². The second kappa shape index (κ2) is 10.0. The summed E-state index contributed by atoms with van der Waals surface area (Å²) in [4.78, 5) is 39.9. The number of likely N-dealkylation sites (tertiary alicyclic amines) is 1. The van der Waals surface area contributed by atoms with E-state index in [0.29, 0.717) is 42.1 Å². The number of piperidine rings is 1. The van der Waals surface area contributed by atoms with Crippen LogP contribution >= 0.6 is 0 Å². The normalized spacial score (nSPS) is 15.5. The molecule has 1 fully saturated rings. The number of anilines is 1.